The zero-order valence-electron chi connectivity index (χ0n) is 24.6. The van der Waals surface area contributed by atoms with E-state index in [9.17, 15) is 24.3 Å². The van der Waals surface area contributed by atoms with Crippen LogP contribution in [0.25, 0.3) is 10.4 Å². The summed E-state index contributed by atoms with van der Waals surface area (Å²) in [5.41, 5.74) is 6.35. The molecule has 2 N–H and O–H groups in total. The molecule has 42 heavy (non-hydrogen) atoms. The molecule has 10 nitrogen and oxygen atoms in total. The Morgan fingerprint density at radius 3 is 2.62 bits per heavy atom. The summed E-state index contributed by atoms with van der Waals surface area (Å²) in [6.45, 7) is 8.26. The van der Waals surface area contributed by atoms with Crippen LogP contribution in [0, 0.1) is 34.5 Å². The molecule has 2 unspecified atom stereocenters. The number of fused-ring (bicyclic) bond motifs is 7. The molecule has 3 fully saturated rings. The summed E-state index contributed by atoms with van der Waals surface area (Å²) in [6, 6.07) is 2.61. The van der Waals surface area contributed by atoms with Crippen molar-refractivity contribution in [2.75, 3.05) is 6.61 Å². The molecule has 1 spiro atoms. The van der Waals surface area contributed by atoms with Crippen molar-refractivity contribution in [2.45, 2.75) is 84.3 Å². The number of rotatable bonds is 5. The van der Waals surface area contributed by atoms with E-state index in [1.54, 1.807) is 13.0 Å². The molecule has 0 aromatic heterocycles. The number of carbonyl (C=O) groups is 4. The van der Waals surface area contributed by atoms with Gasteiger partial charge in [-0.3, -0.25) is 19.2 Å². The third kappa shape index (κ3) is 3.57. The number of hydrogen-bond donors (Lipinski definition) is 2. The number of ketones is 3. The fraction of sp³-hybridized carbons (Fsp3) is 0.625. The number of phenolic OH excluding ortho intramolecular Hbond substituents is 1. The van der Waals surface area contributed by atoms with E-state index in [0.717, 1.165) is 37.7 Å². The molecule has 3 saturated carbocycles. The Morgan fingerprint density at radius 2 is 1.93 bits per heavy atom. The molecule has 0 saturated heterocycles. The Kier molecular flexibility index (Phi) is 6.66. The van der Waals surface area contributed by atoms with Crippen LogP contribution in [0.2, 0.25) is 0 Å². The molecule has 222 valence electrons. The minimum Gasteiger partial charge on any atom is -0.506 e. The van der Waals surface area contributed by atoms with Crippen molar-refractivity contribution in [3.8, 4) is 5.75 Å². The first kappa shape index (κ1) is 28.6. The van der Waals surface area contributed by atoms with E-state index in [1.165, 1.54) is 12.1 Å². The molecule has 1 aromatic rings. The van der Waals surface area contributed by atoms with Crippen molar-refractivity contribution >= 4 is 28.9 Å². The van der Waals surface area contributed by atoms with E-state index in [-0.39, 0.29) is 52.4 Å². The molecule has 1 aromatic carbocycles. The maximum Gasteiger partial charge on any atom is 0.256 e. The van der Waals surface area contributed by atoms with Crippen LogP contribution >= 0.6 is 0 Å². The van der Waals surface area contributed by atoms with Gasteiger partial charge in [-0.15, -0.1) is 0 Å². The van der Waals surface area contributed by atoms with Crippen LogP contribution in [0.4, 0.5) is 5.69 Å². The first-order valence-electron chi connectivity index (χ1n) is 15.1. The highest BCUT2D eigenvalue weighted by Gasteiger charge is 2.69. The summed E-state index contributed by atoms with van der Waals surface area (Å²) < 4.78 is 6.57. The summed E-state index contributed by atoms with van der Waals surface area (Å²) in [5, 5.41) is 17.3. The monoisotopic (exact) mass is 574 g/mol. The lowest BCUT2D eigenvalue weighted by Gasteiger charge is -2.62. The van der Waals surface area contributed by atoms with Crippen molar-refractivity contribution < 1.29 is 29.0 Å². The SMILES string of the molecule is CCCOC1C2(NC(=O)c3c(N=[N+]=[N-])ccc(c3O)C2=O)C(=O)C=C2CC[C@H]3[C@@H]4CC[C@H](C(C)=O)[C@@]4(C)CC[C@@H]3[C@]21C. The van der Waals surface area contributed by atoms with Crippen molar-refractivity contribution in [3.05, 3.63) is 45.4 Å². The number of aromatic hydroxyl groups is 1. The number of Topliss-reactive ketones (excluding diaryl/α,β-unsaturated/α-hetero) is 2. The maximum atomic E-state index is 14.5. The highest BCUT2D eigenvalue weighted by atomic mass is 16.5. The van der Waals surface area contributed by atoms with Crippen molar-refractivity contribution in [3.63, 3.8) is 0 Å². The quantitative estimate of drug-likeness (QED) is 0.197. The van der Waals surface area contributed by atoms with Crippen LogP contribution in [0.5, 0.6) is 5.75 Å². The van der Waals surface area contributed by atoms with Crippen LogP contribution in [0.1, 0.15) is 93.4 Å². The molecule has 8 atom stereocenters. The highest BCUT2D eigenvalue weighted by Crippen LogP contribution is 2.67. The number of hydrogen-bond acceptors (Lipinski definition) is 7. The first-order valence-corrected chi connectivity index (χ1v) is 15.1. The number of amides is 1. The normalized spacial score (nSPS) is 38.4. The van der Waals surface area contributed by atoms with Crippen LogP contribution in [0.15, 0.2) is 28.9 Å². The summed E-state index contributed by atoms with van der Waals surface area (Å²) in [5.74, 6) is -1.81. The second-order valence-corrected chi connectivity index (χ2v) is 13.4. The van der Waals surface area contributed by atoms with Gasteiger partial charge in [0.2, 0.25) is 5.78 Å². The van der Waals surface area contributed by atoms with Gasteiger partial charge in [0.1, 0.15) is 17.6 Å². The molecule has 10 heteroatoms. The summed E-state index contributed by atoms with van der Waals surface area (Å²) in [6.07, 6.45) is 6.26. The number of nitrogens with one attached hydrogen (secondary N) is 1. The topological polar surface area (TPSA) is 159 Å². The molecule has 0 radical (unpaired) electrons. The fourth-order valence-electron chi connectivity index (χ4n) is 9.90. The Labute approximate surface area is 244 Å². The molecule has 6 rings (SSSR count). The van der Waals surface area contributed by atoms with E-state index in [1.807, 2.05) is 6.92 Å². The Morgan fingerprint density at radius 1 is 1.17 bits per heavy atom. The zero-order chi connectivity index (χ0) is 30.2. The maximum absolute atomic E-state index is 14.5. The van der Waals surface area contributed by atoms with Gasteiger partial charge in [-0.05, 0) is 92.7 Å². The smallest absolute Gasteiger partial charge is 0.256 e. The molecule has 1 heterocycles. The fourth-order valence-corrected chi connectivity index (χ4v) is 9.90. The average Bonchev–Trinajstić information content (AvgIpc) is 3.29. The molecule has 1 aliphatic heterocycles. The predicted molar refractivity (Wildman–Crippen MR) is 153 cm³/mol. The molecule has 4 aliphatic carbocycles. The van der Waals surface area contributed by atoms with E-state index >= 15 is 0 Å². The molecular weight excluding hydrogens is 536 g/mol. The van der Waals surface area contributed by atoms with Crippen molar-refractivity contribution in [1.29, 1.82) is 0 Å². The largest absolute Gasteiger partial charge is 0.506 e. The van der Waals surface area contributed by atoms with Gasteiger partial charge in [0.15, 0.2) is 11.3 Å². The standard InChI is InChI=1S/C32H38N4O6/c1-5-14-42-29-31(4)17(6-7-18-21-10-9-20(16(2)37)30(21,3)13-12-22(18)31)15-24(38)32(29)27(40)19-8-11-23(35-36-33)25(26(19)39)28(41)34-32/h8,11,15,18,20-22,29,39H,5-7,9-10,12-14H2,1-4H3,(H,34,41)/t18-,20+,21-,22-,29?,30+,31-,32?/m0/s1. The second kappa shape index (κ2) is 9.78. The number of benzene rings is 1. The van der Waals surface area contributed by atoms with E-state index in [4.69, 9.17) is 10.3 Å². The van der Waals surface area contributed by atoms with Gasteiger partial charge in [-0.25, -0.2) is 0 Å². The second-order valence-electron chi connectivity index (χ2n) is 13.4. The van der Waals surface area contributed by atoms with Gasteiger partial charge < -0.3 is 15.2 Å². The first-order chi connectivity index (χ1) is 20.0. The number of carbonyl (C=O) groups excluding carboxylic acids is 4. The third-order valence-electron chi connectivity index (χ3n) is 11.7. The van der Waals surface area contributed by atoms with Gasteiger partial charge in [0.05, 0.1) is 16.8 Å². The van der Waals surface area contributed by atoms with E-state index in [2.05, 4.69) is 29.2 Å². The van der Waals surface area contributed by atoms with Gasteiger partial charge in [-0.2, -0.15) is 0 Å². The number of azide groups is 1. The van der Waals surface area contributed by atoms with Crippen LogP contribution < -0.4 is 5.32 Å². The van der Waals surface area contributed by atoms with Crippen LogP contribution in [-0.4, -0.2) is 46.6 Å². The van der Waals surface area contributed by atoms with Gasteiger partial charge >= 0.3 is 0 Å². The zero-order valence-corrected chi connectivity index (χ0v) is 24.6. The van der Waals surface area contributed by atoms with Crippen molar-refractivity contribution in [2.24, 2.45) is 39.6 Å². The summed E-state index contributed by atoms with van der Waals surface area (Å²) in [4.78, 5) is 57.8. The molecule has 2 bridgehead atoms. The van der Waals surface area contributed by atoms with E-state index in [0.29, 0.717) is 18.8 Å². The number of ether oxygens (including phenoxy) is 1. The van der Waals surface area contributed by atoms with Gasteiger partial charge in [0, 0.05) is 22.9 Å². The lowest BCUT2D eigenvalue weighted by atomic mass is 9.44. The minimum atomic E-state index is -2.11. The van der Waals surface area contributed by atoms with E-state index < -0.39 is 40.3 Å². The Hall–Kier alpha value is -3.49. The number of phenols is 1. The average molecular weight is 575 g/mol. The van der Waals surface area contributed by atoms with Gasteiger partial charge in [-0.1, -0.05) is 37.5 Å². The Balaban J connectivity index is 1.51. The Bertz CT molecular complexity index is 1500. The molecule has 1 amide bonds. The van der Waals surface area contributed by atoms with Crippen LogP contribution in [-0.2, 0) is 14.3 Å². The summed E-state index contributed by atoms with van der Waals surface area (Å²) in [7, 11) is 0. The minimum absolute atomic E-state index is 0.0434. The molecular formula is C32H38N4O6. The van der Waals surface area contributed by atoms with Crippen molar-refractivity contribution in [1.82, 2.24) is 5.32 Å². The predicted octanol–water partition coefficient (Wildman–Crippen LogP) is 5.75. The highest BCUT2D eigenvalue weighted by molar-refractivity contribution is 6.28. The van der Waals surface area contributed by atoms with Gasteiger partial charge in [0.25, 0.3) is 5.91 Å². The number of nitrogens with zero attached hydrogens (tertiary/aromatic N) is 3. The van der Waals surface area contributed by atoms with Crippen LogP contribution in [0.3, 0.4) is 0 Å². The summed E-state index contributed by atoms with van der Waals surface area (Å²) >= 11 is 0. The lowest BCUT2D eigenvalue weighted by molar-refractivity contribution is -0.154. The molecule has 5 aliphatic rings. The lowest BCUT2D eigenvalue weighted by Crippen LogP contribution is -2.74. The third-order valence-corrected chi connectivity index (χ3v) is 11.7.